The first kappa shape index (κ1) is 16.1. The van der Waals surface area contributed by atoms with Crippen molar-refractivity contribution >= 4 is 51.5 Å². The Labute approximate surface area is 145 Å². The first-order chi connectivity index (χ1) is 10.9. The van der Waals surface area contributed by atoms with Crippen LogP contribution in [0.4, 0.5) is 5.13 Å². The highest BCUT2D eigenvalue weighted by Gasteiger charge is 2.31. The Bertz CT molecular complexity index is 782. The molecule has 1 aliphatic rings. The van der Waals surface area contributed by atoms with Gasteiger partial charge >= 0.3 is 5.97 Å². The summed E-state index contributed by atoms with van der Waals surface area (Å²) in [5.41, 5.74) is 0.885. The standard InChI is InChI=1S/C13H12Cl2N4O3S/c1-5-8(14)9(15)10(17-5)11(20)18-6-3-19(4-6)13-16-2-7(23-13)12(21)22/h2,6,17H,3-4H2,1H3,(H,18,20)(H,21,22). The summed E-state index contributed by atoms with van der Waals surface area (Å²) in [7, 11) is 0. The van der Waals surface area contributed by atoms with E-state index in [9.17, 15) is 9.59 Å². The first-order valence-electron chi connectivity index (χ1n) is 6.65. The second kappa shape index (κ2) is 6.03. The molecule has 0 spiro atoms. The average molecular weight is 375 g/mol. The Kier molecular flexibility index (Phi) is 4.22. The van der Waals surface area contributed by atoms with Crippen molar-refractivity contribution in [2.75, 3.05) is 18.0 Å². The third-order valence-corrected chi connectivity index (χ3v) is 5.47. The summed E-state index contributed by atoms with van der Waals surface area (Å²) >= 11 is 13.1. The lowest BCUT2D eigenvalue weighted by molar-refractivity contribution is 0.0701. The van der Waals surface area contributed by atoms with Crippen LogP contribution in [0.5, 0.6) is 0 Å². The summed E-state index contributed by atoms with van der Waals surface area (Å²) in [4.78, 5) is 32.0. The third-order valence-electron chi connectivity index (χ3n) is 3.47. The molecule has 2 aromatic heterocycles. The number of hydrogen-bond donors (Lipinski definition) is 3. The van der Waals surface area contributed by atoms with Crippen LogP contribution in [-0.2, 0) is 0 Å². The minimum absolute atomic E-state index is 0.0573. The van der Waals surface area contributed by atoms with Gasteiger partial charge in [-0.25, -0.2) is 9.78 Å². The molecule has 1 aliphatic heterocycles. The summed E-state index contributed by atoms with van der Waals surface area (Å²) in [6, 6.07) is -0.0573. The van der Waals surface area contributed by atoms with Crippen molar-refractivity contribution in [2.24, 2.45) is 0 Å². The molecular weight excluding hydrogens is 363 g/mol. The maximum Gasteiger partial charge on any atom is 0.347 e. The number of carbonyl (C=O) groups is 2. The largest absolute Gasteiger partial charge is 0.477 e. The van der Waals surface area contributed by atoms with E-state index in [4.69, 9.17) is 28.3 Å². The molecule has 10 heteroatoms. The Hall–Kier alpha value is -1.77. The van der Waals surface area contributed by atoms with Gasteiger partial charge in [0.05, 0.1) is 22.3 Å². The molecule has 3 N–H and O–H groups in total. The van der Waals surface area contributed by atoms with Gasteiger partial charge in [0, 0.05) is 18.8 Å². The number of nitrogens with zero attached hydrogens (tertiary/aromatic N) is 2. The quantitative estimate of drug-likeness (QED) is 0.762. The lowest BCUT2D eigenvalue weighted by Gasteiger charge is -2.39. The molecule has 23 heavy (non-hydrogen) atoms. The Morgan fingerprint density at radius 1 is 1.43 bits per heavy atom. The molecule has 0 atom stereocenters. The lowest BCUT2D eigenvalue weighted by Crippen LogP contribution is -2.59. The van der Waals surface area contributed by atoms with Gasteiger partial charge in [0.1, 0.15) is 10.6 Å². The normalized spacial score (nSPS) is 14.7. The van der Waals surface area contributed by atoms with Gasteiger partial charge in [-0.05, 0) is 6.92 Å². The molecule has 0 aliphatic carbocycles. The zero-order chi connectivity index (χ0) is 16.7. The smallest absolute Gasteiger partial charge is 0.347 e. The number of anilines is 1. The van der Waals surface area contributed by atoms with Crippen LogP contribution < -0.4 is 10.2 Å². The highest BCUT2D eigenvalue weighted by Crippen LogP contribution is 2.30. The van der Waals surface area contributed by atoms with Crippen molar-refractivity contribution in [1.29, 1.82) is 0 Å². The Morgan fingerprint density at radius 2 is 2.13 bits per heavy atom. The lowest BCUT2D eigenvalue weighted by atomic mass is 10.1. The van der Waals surface area contributed by atoms with Gasteiger partial charge in [-0.1, -0.05) is 34.5 Å². The van der Waals surface area contributed by atoms with Crippen molar-refractivity contribution in [3.8, 4) is 0 Å². The molecule has 0 aromatic carbocycles. The number of aryl methyl sites for hydroxylation is 1. The molecule has 1 saturated heterocycles. The third kappa shape index (κ3) is 3.01. The number of aromatic amines is 1. The van der Waals surface area contributed by atoms with E-state index in [1.165, 1.54) is 6.20 Å². The minimum Gasteiger partial charge on any atom is -0.477 e. The number of halogens is 2. The fourth-order valence-electron chi connectivity index (χ4n) is 2.22. The van der Waals surface area contributed by atoms with E-state index >= 15 is 0 Å². The van der Waals surface area contributed by atoms with Crippen LogP contribution in [0, 0.1) is 6.92 Å². The predicted octanol–water partition coefficient (Wildman–Crippen LogP) is 2.40. The number of H-pyrrole nitrogens is 1. The highest BCUT2D eigenvalue weighted by molar-refractivity contribution is 7.17. The fourth-order valence-corrected chi connectivity index (χ4v) is 3.41. The number of hydrogen-bond acceptors (Lipinski definition) is 5. The maximum atomic E-state index is 12.2. The van der Waals surface area contributed by atoms with E-state index in [1.54, 1.807) is 6.92 Å². The number of carbonyl (C=O) groups excluding carboxylic acids is 1. The molecule has 0 radical (unpaired) electrons. The summed E-state index contributed by atoms with van der Waals surface area (Å²) < 4.78 is 0. The number of aromatic nitrogens is 2. The van der Waals surface area contributed by atoms with Crippen LogP contribution in [0.3, 0.4) is 0 Å². The van der Waals surface area contributed by atoms with Gasteiger partial charge in [0.25, 0.3) is 5.91 Å². The Morgan fingerprint density at radius 3 is 2.65 bits per heavy atom. The molecule has 0 bridgehead atoms. The number of carboxylic acid groups (broad SMARTS) is 1. The van der Waals surface area contributed by atoms with Crippen LogP contribution in [-0.4, -0.2) is 46.1 Å². The van der Waals surface area contributed by atoms with Gasteiger partial charge in [0.2, 0.25) is 0 Å². The molecule has 122 valence electrons. The van der Waals surface area contributed by atoms with Crippen LogP contribution in [0.25, 0.3) is 0 Å². The van der Waals surface area contributed by atoms with Gasteiger partial charge in [-0.3, -0.25) is 4.79 Å². The predicted molar refractivity (Wildman–Crippen MR) is 88.1 cm³/mol. The highest BCUT2D eigenvalue weighted by atomic mass is 35.5. The zero-order valence-electron chi connectivity index (χ0n) is 11.9. The van der Waals surface area contributed by atoms with Crippen molar-refractivity contribution in [3.63, 3.8) is 0 Å². The van der Waals surface area contributed by atoms with Crippen molar-refractivity contribution < 1.29 is 14.7 Å². The second-order valence-electron chi connectivity index (χ2n) is 5.14. The monoisotopic (exact) mass is 374 g/mol. The van der Waals surface area contributed by atoms with Crippen LogP contribution in [0.1, 0.15) is 25.9 Å². The van der Waals surface area contributed by atoms with E-state index in [-0.39, 0.29) is 27.5 Å². The van der Waals surface area contributed by atoms with Crippen LogP contribution in [0.2, 0.25) is 10.0 Å². The summed E-state index contributed by atoms with van der Waals surface area (Å²) in [5, 5.41) is 12.9. The molecule has 0 saturated carbocycles. The van der Waals surface area contributed by atoms with Gasteiger partial charge in [-0.15, -0.1) is 0 Å². The van der Waals surface area contributed by atoms with E-state index in [1.807, 2.05) is 4.90 Å². The van der Waals surface area contributed by atoms with Crippen molar-refractivity contribution in [1.82, 2.24) is 15.3 Å². The molecule has 0 unspecified atom stereocenters. The second-order valence-corrected chi connectivity index (χ2v) is 6.91. The fraction of sp³-hybridized carbons (Fsp3) is 0.308. The Balaban J connectivity index is 1.58. The summed E-state index contributed by atoms with van der Waals surface area (Å²) in [6.45, 7) is 2.85. The van der Waals surface area contributed by atoms with Crippen molar-refractivity contribution in [3.05, 3.63) is 32.5 Å². The molecule has 1 fully saturated rings. The topological polar surface area (TPSA) is 98.3 Å². The van der Waals surface area contributed by atoms with E-state index in [0.717, 1.165) is 11.3 Å². The molecular formula is C13H12Cl2N4O3S. The van der Waals surface area contributed by atoms with E-state index < -0.39 is 5.97 Å². The molecule has 7 nitrogen and oxygen atoms in total. The maximum absolute atomic E-state index is 12.2. The van der Waals surface area contributed by atoms with E-state index in [0.29, 0.717) is 28.9 Å². The molecule has 2 aromatic rings. The van der Waals surface area contributed by atoms with E-state index in [2.05, 4.69) is 15.3 Å². The molecule has 3 rings (SSSR count). The SMILES string of the molecule is Cc1[nH]c(C(=O)NC2CN(c3ncc(C(=O)O)s3)C2)c(Cl)c1Cl. The number of rotatable bonds is 4. The number of aromatic carboxylic acids is 1. The average Bonchev–Trinajstić information content (AvgIpc) is 3.03. The van der Waals surface area contributed by atoms with Gasteiger partial charge in [0.15, 0.2) is 5.13 Å². The number of amides is 1. The number of nitrogens with one attached hydrogen (secondary N) is 2. The van der Waals surface area contributed by atoms with Crippen molar-refractivity contribution in [2.45, 2.75) is 13.0 Å². The summed E-state index contributed by atoms with van der Waals surface area (Å²) in [6.07, 6.45) is 1.33. The number of carboxylic acids is 1. The minimum atomic E-state index is -0.993. The van der Waals surface area contributed by atoms with Gasteiger partial charge in [-0.2, -0.15) is 0 Å². The van der Waals surface area contributed by atoms with Gasteiger partial charge < -0.3 is 20.3 Å². The molecule has 1 amide bonds. The first-order valence-corrected chi connectivity index (χ1v) is 8.22. The van der Waals surface area contributed by atoms with Crippen LogP contribution in [0.15, 0.2) is 6.20 Å². The van der Waals surface area contributed by atoms with Crippen LogP contribution >= 0.6 is 34.5 Å². The summed E-state index contributed by atoms with van der Waals surface area (Å²) in [5.74, 6) is -1.31. The number of thiazole rings is 1. The zero-order valence-corrected chi connectivity index (χ0v) is 14.2. The molecule has 3 heterocycles.